The fourth-order valence-corrected chi connectivity index (χ4v) is 8.63. The van der Waals surface area contributed by atoms with Crippen molar-refractivity contribution < 1.29 is 24.9 Å². The van der Waals surface area contributed by atoms with Crippen molar-refractivity contribution in [2.24, 2.45) is 7.05 Å². The first-order valence-corrected chi connectivity index (χ1v) is 17.6. The number of ether oxygens (including phenoxy) is 1. The molecule has 2 aliphatic rings. The van der Waals surface area contributed by atoms with E-state index in [1.807, 2.05) is 69.8 Å². The smallest absolute Gasteiger partial charge is 0.337 e. The third-order valence-electron chi connectivity index (χ3n) is 9.70. The van der Waals surface area contributed by atoms with Crippen LogP contribution < -0.4 is 0 Å². The van der Waals surface area contributed by atoms with Crippen LogP contribution in [0.5, 0.6) is 0 Å². The van der Waals surface area contributed by atoms with Crippen LogP contribution in [-0.4, -0.2) is 71.5 Å². The maximum absolute atomic E-state index is 12.7. The van der Waals surface area contributed by atoms with E-state index in [0.717, 1.165) is 80.0 Å². The molecule has 5 aromatic rings. The lowest BCUT2D eigenvalue weighted by atomic mass is 9.82. The number of carbonyl (C=O) groups is 1. The van der Waals surface area contributed by atoms with Gasteiger partial charge in [0.25, 0.3) is 0 Å². The van der Waals surface area contributed by atoms with E-state index in [0.29, 0.717) is 29.3 Å². The van der Waals surface area contributed by atoms with Gasteiger partial charge in [-0.3, -0.25) is 9.58 Å². The van der Waals surface area contributed by atoms with Gasteiger partial charge in [-0.1, -0.05) is 23.7 Å². The molecule has 1 atom stereocenters. The van der Waals surface area contributed by atoms with Crippen molar-refractivity contribution in [3.05, 3.63) is 70.4 Å². The van der Waals surface area contributed by atoms with Gasteiger partial charge in [0, 0.05) is 58.9 Å². The molecular weight excluding hydrogens is 648 g/mol. The van der Waals surface area contributed by atoms with Crippen molar-refractivity contribution in [2.45, 2.75) is 82.8 Å². The summed E-state index contributed by atoms with van der Waals surface area (Å²) < 4.78 is 9.02. The second kappa shape index (κ2) is 12.2. The Bertz CT molecular complexity index is 2010. The molecule has 3 heterocycles. The van der Waals surface area contributed by atoms with Gasteiger partial charge >= 0.3 is 5.97 Å². The van der Waals surface area contributed by atoms with Crippen molar-refractivity contribution in [3.8, 4) is 21.7 Å². The number of carboxylic acids is 1. The minimum absolute atomic E-state index is 0.236. The summed E-state index contributed by atoms with van der Waals surface area (Å²) in [7, 11) is 1.98. The van der Waals surface area contributed by atoms with Crippen molar-refractivity contribution >= 4 is 50.0 Å². The van der Waals surface area contributed by atoms with Crippen LogP contribution in [0, 0.1) is 6.92 Å². The Labute approximate surface area is 288 Å². The number of aliphatic hydroxyl groups is 2. The van der Waals surface area contributed by atoms with E-state index < -0.39 is 23.5 Å². The summed E-state index contributed by atoms with van der Waals surface area (Å²) in [6, 6.07) is 16.1. The molecule has 1 aliphatic heterocycles. The number of rotatable bonds is 7. The Hall–Kier alpha value is -3.38. The standard InChI is InChI=1S/C37H41ClN4O5S/c1-20-16-27-33(30(21-6-9-24(38)10-7-21)29(20)32(35(43)44)47-36(2,3)4)48-34(39-27)23-8-11-28-26(17-23)31(40-41(28)5)22-12-14-42(15-13-22)25-18-37(45,46)19-25/h6-11,16-17,22,25,32,45-46H,12-15,18-19H2,1-5H3,(H,43,44)/t32-/m0/s1. The number of hydrogen-bond acceptors (Lipinski definition) is 8. The van der Waals surface area contributed by atoms with Crippen LogP contribution >= 0.6 is 22.9 Å². The van der Waals surface area contributed by atoms with Gasteiger partial charge in [-0.2, -0.15) is 5.10 Å². The highest BCUT2D eigenvalue weighted by molar-refractivity contribution is 7.22. The molecule has 1 saturated heterocycles. The Morgan fingerprint density at radius 2 is 1.73 bits per heavy atom. The lowest BCUT2D eigenvalue weighted by Crippen LogP contribution is -2.56. The minimum atomic E-state index is -1.51. The molecule has 3 N–H and O–H groups in total. The highest BCUT2D eigenvalue weighted by Gasteiger charge is 2.44. The number of likely N-dealkylation sites (tertiary alicyclic amines) is 1. The van der Waals surface area contributed by atoms with E-state index in [1.54, 1.807) is 11.3 Å². The van der Waals surface area contributed by atoms with E-state index >= 15 is 0 Å². The van der Waals surface area contributed by atoms with Gasteiger partial charge in [0.2, 0.25) is 0 Å². The van der Waals surface area contributed by atoms with Crippen LogP contribution in [0.15, 0.2) is 48.5 Å². The predicted molar refractivity (Wildman–Crippen MR) is 189 cm³/mol. The maximum atomic E-state index is 12.7. The molecule has 0 radical (unpaired) electrons. The van der Waals surface area contributed by atoms with Crippen LogP contribution in [0.1, 0.15) is 75.3 Å². The van der Waals surface area contributed by atoms with Crippen molar-refractivity contribution in [2.75, 3.05) is 13.1 Å². The molecule has 9 nitrogen and oxygen atoms in total. The lowest BCUT2D eigenvalue weighted by molar-refractivity contribution is -0.239. The predicted octanol–water partition coefficient (Wildman–Crippen LogP) is 7.44. The summed E-state index contributed by atoms with van der Waals surface area (Å²) in [6.45, 7) is 9.32. The number of piperidine rings is 1. The second-order valence-corrected chi connectivity index (χ2v) is 15.8. The fourth-order valence-electron chi connectivity index (χ4n) is 7.38. The third kappa shape index (κ3) is 6.26. The molecule has 3 aromatic carbocycles. The molecule has 0 unspecified atom stereocenters. The van der Waals surface area contributed by atoms with Crippen LogP contribution in [0.3, 0.4) is 0 Å². The van der Waals surface area contributed by atoms with Gasteiger partial charge in [0.1, 0.15) is 5.01 Å². The van der Waals surface area contributed by atoms with E-state index in [9.17, 15) is 20.1 Å². The van der Waals surface area contributed by atoms with Crippen LogP contribution in [-0.2, 0) is 16.6 Å². The molecule has 0 amide bonds. The van der Waals surface area contributed by atoms with Gasteiger partial charge in [-0.25, -0.2) is 9.78 Å². The number of aliphatic carboxylic acids is 1. The van der Waals surface area contributed by atoms with Crippen molar-refractivity contribution in [1.29, 1.82) is 0 Å². The third-order valence-corrected chi connectivity index (χ3v) is 11.1. The number of aryl methyl sites for hydroxylation is 2. The Morgan fingerprint density at radius 3 is 2.35 bits per heavy atom. The number of carboxylic acid groups (broad SMARTS) is 1. The summed E-state index contributed by atoms with van der Waals surface area (Å²) in [4.78, 5) is 20.2. The number of aromatic nitrogens is 3. The zero-order valence-electron chi connectivity index (χ0n) is 27.8. The zero-order chi connectivity index (χ0) is 34.1. The molecule has 2 fully saturated rings. The number of fused-ring (bicyclic) bond motifs is 2. The highest BCUT2D eigenvalue weighted by Crippen LogP contribution is 2.45. The average Bonchev–Trinajstić information content (AvgIpc) is 3.58. The van der Waals surface area contributed by atoms with Gasteiger partial charge in [-0.15, -0.1) is 11.3 Å². The quantitative estimate of drug-likeness (QED) is 0.151. The van der Waals surface area contributed by atoms with Crippen LogP contribution in [0.25, 0.3) is 42.8 Å². The van der Waals surface area contributed by atoms with E-state index in [2.05, 4.69) is 23.1 Å². The minimum Gasteiger partial charge on any atom is -0.479 e. The first kappa shape index (κ1) is 33.1. The molecular formula is C37H41ClN4O5S. The number of thiazole rings is 1. The normalized spacial score (nSPS) is 18.4. The number of nitrogens with zero attached hydrogens (tertiary/aromatic N) is 4. The summed E-state index contributed by atoms with van der Waals surface area (Å²) in [6.07, 6.45) is 1.58. The molecule has 1 saturated carbocycles. The molecule has 0 spiro atoms. The molecule has 1 aliphatic carbocycles. The maximum Gasteiger partial charge on any atom is 0.337 e. The Balaban J connectivity index is 1.29. The first-order chi connectivity index (χ1) is 22.7. The van der Waals surface area contributed by atoms with Crippen LogP contribution in [0.4, 0.5) is 0 Å². The van der Waals surface area contributed by atoms with E-state index in [-0.39, 0.29) is 6.04 Å². The first-order valence-electron chi connectivity index (χ1n) is 16.4. The van der Waals surface area contributed by atoms with E-state index in [4.69, 9.17) is 26.4 Å². The molecule has 252 valence electrons. The topological polar surface area (TPSA) is 121 Å². The fraction of sp³-hybridized carbons (Fsp3) is 0.432. The largest absolute Gasteiger partial charge is 0.479 e. The summed E-state index contributed by atoms with van der Waals surface area (Å²) in [5, 5.41) is 37.6. The molecule has 11 heteroatoms. The van der Waals surface area contributed by atoms with Gasteiger partial charge in [0.15, 0.2) is 11.9 Å². The lowest BCUT2D eigenvalue weighted by Gasteiger charge is -2.47. The highest BCUT2D eigenvalue weighted by atomic mass is 35.5. The molecule has 7 rings (SSSR count). The Morgan fingerprint density at radius 1 is 1.06 bits per heavy atom. The number of hydrogen-bond donors (Lipinski definition) is 3. The van der Waals surface area contributed by atoms with Crippen molar-refractivity contribution in [3.63, 3.8) is 0 Å². The average molecular weight is 689 g/mol. The van der Waals surface area contributed by atoms with Crippen molar-refractivity contribution in [1.82, 2.24) is 19.7 Å². The molecule has 48 heavy (non-hydrogen) atoms. The number of benzene rings is 3. The number of halogens is 1. The molecule has 2 aromatic heterocycles. The zero-order valence-corrected chi connectivity index (χ0v) is 29.4. The van der Waals surface area contributed by atoms with Gasteiger partial charge < -0.3 is 20.1 Å². The monoisotopic (exact) mass is 688 g/mol. The summed E-state index contributed by atoms with van der Waals surface area (Å²) >= 11 is 7.82. The Kier molecular flexibility index (Phi) is 8.41. The van der Waals surface area contributed by atoms with Gasteiger partial charge in [0.05, 0.1) is 27.0 Å². The summed E-state index contributed by atoms with van der Waals surface area (Å²) in [5.41, 5.74) is 6.30. The van der Waals surface area contributed by atoms with E-state index in [1.165, 1.54) is 0 Å². The SMILES string of the molecule is Cc1cc2nc(-c3ccc4c(c3)c(C3CCN(C5CC(O)(O)C5)CC3)nn4C)sc2c(-c2ccc(Cl)cc2)c1[C@H](OC(C)(C)C)C(=O)O. The molecule has 0 bridgehead atoms. The van der Waals surface area contributed by atoms with Crippen LogP contribution in [0.2, 0.25) is 5.02 Å². The van der Waals surface area contributed by atoms with Gasteiger partial charge in [-0.05, 0) is 101 Å². The summed E-state index contributed by atoms with van der Waals surface area (Å²) in [5.74, 6) is -2.25. The second-order valence-electron chi connectivity index (χ2n) is 14.4.